The number of hydrogen-bond acceptors (Lipinski definition) is 3. The molecule has 0 unspecified atom stereocenters. The number of amides is 1. The molecule has 4 nitrogen and oxygen atoms in total. The van der Waals surface area contributed by atoms with Crippen LogP contribution in [0, 0.1) is 5.92 Å². The third kappa shape index (κ3) is 4.11. The Bertz CT molecular complexity index is 540. The third-order valence-electron chi connectivity index (χ3n) is 3.77. The second kappa shape index (κ2) is 7.14. The topological polar surface area (TPSA) is 55.4 Å². The molecule has 0 heterocycles. The highest BCUT2D eigenvalue weighted by Crippen LogP contribution is 2.26. The van der Waals surface area contributed by atoms with Gasteiger partial charge in [0.1, 0.15) is 0 Å². The number of benzene rings is 1. The first-order chi connectivity index (χ1) is 10.0. The molecule has 1 saturated carbocycles. The minimum atomic E-state index is -0.210. The lowest BCUT2D eigenvalue weighted by molar-refractivity contribution is -0.146. The highest BCUT2D eigenvalue weighted by atomic mass is 35.5. The normalized spacial score (nSPS) is 21.7. The van der Waals surface area contributed by atoms with E-state index in [0.29, 0.717) is 15.6 Å². The van der Waals surface area contributed by atoms with E-state index in [2.05, 4.69) is 5.32 Å². The molecule has 1 amide bonds. The summed E-state index contributed by atoms with van der Waals surface area (Å²) in [4.78, 5) is 23.6. The zero-order chi connectivity index (χ0) is 15.4. The van der Waals surface area contributed by atoms with E-state index >= 15 is 0 Å². The van der Waals surface area contributed by atoms with Gasteiger partial charge in [0.05, 0.1) is 23.6 Å². The Kier molecular flexibility index (Phi) is 5.48. The molecule has 0 aliphatic heterocycles. The molecule has 0 aromatic heterocycles. The third-order valence-corrected chi connectivity index (χ3v) is 4.32. The van der Waals surface area contributed by atoms with Gasteiger partial charge in [-0.3, -0.25) is 9.59 Å². The molecule has 1 aromatic rings. The van der Waals surface area contributed by atoms with Crippen LogP contribution in [0.5, 0.6) is 0 Å². The van der Waals surface area contributed by atoms with E-state index in [1.807, 2.05) is 0 Å². The van der Waals surface area contributed by atoms with E-state index in [1.54, 1.807) is 18.2 Å². The van der Waals surface area contributed by atoms with Gasteiger partial charge in [0.25, 0.3) is 5.91 Å². The first-order valence-electron chi connectivity index (χ1n) is 6.85. The zero-order valence-corrected chi connectivity index (χ0v) is 13.2. The van der Waals surface area contributed by atoms with Gasteiger partial charge in [0, 0.05) is 11.1 Å². The zero-order valence-electron chi connectivity index (χ0n) is 11.7. The van der Waals surface area contributed by atoms with Crippen LogP contribution < -0.4 is 5.32 Å². The maximum Gasteiger partial charge on any atom is 0.308 e. The molecule has 114 valence electrons. The number of nitrogens with one attached hydrogen (secondary N) is 1. The van der Waals surface area contributed by atoms with Crippen LogP contribution in [0.4, 0.5) is 0 Å². The fourth-order valence-electron chi connectivity index (χ4n) is 2.58. The first-order valence-corrected chi connectivity index (χ1v) is 7.60. The van der Waals surface area contributed by atoms with Gasteiger partial charge >= 0.3 is 5.97 Å². The van der Waals surface area contributed by atoms with Crippen molar-refractivity contribution in [1.82, 2.24) is 5.32 Å². The Morgan fingerprint density at radius 1 is 1.19 bits per heavy atom. The van der Waals surface area contributed by atoms with E-state index in [9.17, 15) is 9.59 Å². The second-order valence-electron chi connectivity index (χ2n) is 5.17. The summed E-state index contributed by atoms with van der Waals surface area (Å²) in [5.41, 5.74) is 0.413. The van der Waals surface area contributed by atoms with Crippen molar-refractivity contribution in [2.45, 2.75) is 31.7 Å². The Hall–Kier alpha value is -1.26. The second-order valence-corrected chi connectivity index (χ2v) is 6.01. The van der Waals surface area contributed by atoms with Gasteiger partial charge in [-0.25, -0.2) is 0 Å². The van der Waals surface area contributed by atoms with Crippen LogP contribution in [0.15, 0.2) is 18.2 Å². The number of carbonyl (C=O) groups is 2. The molecule has 6 heteroatoms. The summed E-state index contributed by atoms with van der Waals surface area (Å²) in [7, 11) is 1.40. The molecule has 0 saturated heterocycles. The van der Waals surface area contributed by atoms with Crippen LogP contribution in [0.3, 0.4) is 0 Å². The summed E-state index contributed by atoms with van der Waals surface area (Å²) in [6.45, 7) is 0. The van der Waals surface area contributed by atoms with Crippen molar-refractivity contribution in [3.8, 4) is 0 Å². The molecule has 1 aromatic carbocycles. The Morgan fingerprint density at radius 3 is 2.43 bits per heavy atom. The highest BCUT2D eigenvalue weighted by molar-refractivity contribution is 6.36. The molecule has 0 spiro atoms. The average Bonchev–Trinajstić information content (AvgIpc) is 2.47. The Labute approximate surface area is 133 Å². The summed E-state index contributed by atoms with van der Waals surface area (Å²) in [5.74, 6) is -0.430. The smallest absolute Gasteiger partial charge is 0.308 e. The van der Waals surface area contributed by atoms with Crippen LogP contribution >= 0.6 is 23.2 Å². The van der Waals surface area contributed by atoms with Crippen LogP contribution in [-0.4, -0.2) is 25.0 Å². The molecule has 0 atom stereocenters. The lowest BCUT2D eigenvalue weighted by Crippen LogP contribution is -2.39. The molecule has 21 heavy (non-hydrogen) atoms. The fourth-order valence-corrected chi connectivity index (χ4v) is 3.07. The van der Waals surface area contributed by atoms with Crippen LogP contribution in [0.25, 0.3) is 0 Å². The molecule has 1 aliphatic rings. The maximum absolute atomic E-state index is 12.2. The quantitative estimate of drug-likeness (QED) is 0.864. The monoisotopic (exact) mass is 329 g/mol. The van der Waals surface area contributed by atoms with Crippen molar-refractivity contribution in [2.75, 3.05) is 7.11 Å². The number of carbonyl (C=O) groups excluding carboxylic acids is 2. The van der Waals surface area contributed by atoms with Crippen LogP contribution in [-0.2, 0) is 9.53 Å². The van der Waals surface area contributed by atoms with E-state index in [0.717, 1.165) is 25.7 Å². The lowest BCUT2D eigenvalue weighted by Gasteiger charge is -2.27. The van der Waals surface area contributed by atoms with Crippen molar-refractivity contribution >= 4 is 35.1 Å². The van der Waals surface area contributed by atoms with Crippen molar-refractivity contribution < 1.29 is 14.3 Å². The molecular formula is C15H17Cl2NO3. The van der Waals surface area contributed by atoms with E-state index in [-0.39, 0.29) is 23.8 Å². The van der Waals surface area contributed by atoms with E-state index in [4.69, 9.17) is 27.9 Å². The van der Waals surface area contributed by atoms with Crippen molar-refractivity contribution in [1.29, 1.82) is 0 Å². The van der Waals surface area contributed by atoms with Gasteiger partial charge in [-0.15, -0.1) is 0 Å². The van der Waals surface area contributed by atoms with Gasteiger partial charge < -0.3 is 10.1 Å². The molecule has 1 aliphatic carbocycles. The minimum Gasteiger partial charge on any atom is -0.469 e. The molecule has 2 rings (SSSR count). The number of methoxy groups -OCH3 is 1. The van der Waals surface area contributed by atoms with Gasteiger partial charge in [0.2, 0.25) is 0 Å². The molecule has 1 N–H and O–H groups in total. The minimum absolute atomic E-state index is 0.0535. The summed E-state index contributed by atoms with van der Waals surface area (Å²) in [5, 5.41) is 3.79. The predicted octanol–water partition coefficient (Wildman–Crippen LogP) is 3.46. The predicted molar refractivity (Wildman–Crippen MR) is 81.7 cm³/mol. The number of rotatable bonds is 3. The standard InChI is InChI=1S/C15H17Cl2NO3/c1-21-15(20)9-2-5-11(6-3-9)18-14(19)12-7-4-10(16)8-13(12)17/h4,7-9,11H,2-3,5-6H2,1H3,(H,18,19). The van der Waals surface area contributed by atoms with Crippen molar-refractivity contribution in [2.24, 2.45) is 5.92 Å². The van der Waals surface area contributed by atoms with Crippen LogP contribution in [0.1, 0.15) is 36.0 Å². The van der Waals surface area contributed by atoms with Gasteiger partial charge in [-0.05, 0) is 43.9 Å². The van der Waals surface area contributed by atoms with Crippen molar-refractivity contribution in [3.63, 3.8) is 0 Å². The van der Waals surface area contributed by atoms with E-state index < -0.39 is 0 Å². The van der Waals surface area contributed by atoms with E-state index in [1.165, 1.54) is 7.11 Å². The van der Waals surface area contributed by atoms with Crippen LogP contribution in [0.2, 0.25) is 10.0 Å². The summed E-state index contributed by atoms with van der Waals surface area (Å²) in [6.07, 6.45) is 2.98. The summed E-state index contributed by atoms with van der Waals surface area (Å²) in [6, 6.07) is 4.85. The first kappa shape index (κ1) is 16.1. The van der Waals surface area contributed by atoms with Crippen molar-refractivity contribution in [3.05, 3.63) is 33.8 Å². The highest BCUT2D eigenvalue weighted by Gasteiger charge is 2.28. The molecular weight excluding hydrogens is 313 g/mol. The molecule has 1 fully saturated rings. The Balaban J connectivity index is 1.91. The largest absolute Gasteiger partial charge is 0.469 e. The lowest BCUT2D eigenvalue weighted by atomic mass is 9.86. The number of hydrogen-bond donors (Lipinski definition) is 1. The maximum atomic E-state index is 12.2. The van der Waals surface area contributed by atoms with Gasteiger partial charge in [-0.1, -0.05) is 23.2 Å². The summed E-state index contributed by atoms with van der Waals surface area (Å²) >= 11 is 11.8. The summed E-state index contributed by atoms with van der Waals surface area (Å²) < 4.78 is 4.75. The molecule has 0 bridgehead atoms. The number of ether oxygens (including phenoxy) is 1. The average molecular weight is 330 g/mol. The molecule has 0 radical (unpaired) electrons. The number of esters is 1. The SMILES string of the molecule is COC(=O)C1CCC(NC(=O)c2ccc(Cl)cc2Cl)CC1. The Morgan fingerprint density at radius 2 is 1.86 bits per heavy atom. The van der Waals surface area contributed by atoms with Gasteiger partial charge in [0.15, 0.2) is 0 Å². The fraction of sp³-hybridized carbons (Fsp3) is 0.467. The van der Waals surface area contributed by atoms with Gasteiger partial charge in [-0.2, -0.15) is 0 Å². The number of halogens is 2.